The monoisotopic (exact) mass is 111 g/mol. The lowest BCUT2D eigenvalue weighted by atomic mass is 10.3. The molecule has 0 aromatic carbocycles. The van der Waals surface area contributed by atoms with Crippen LogP contribution in [0.5, 0.6) is 0 Å². The lowest BCUT2D eigenvalue weighted by Crippen LogP contribution is -2.05. The maximum absolute atomic E-state index is 5.03. The quantitative estimate of drug-likeness (QED) is 0.462. The zero-order valence-corrected chi connectivity index (χ0v) is 5.09. The minimum absolute atomic E-state index is 0.0127. The van der Waals surface area contributed by atoms with Crippen LogP contribution >= 0.6 is 0 Å². The van der Waals surface area contributed by atoms with Gasteiger partial charge in [-0.3, -0.25) is 4.99 Å². The molecule has 0 aromatic heterocycles. The van der Waals surface area contributed by atoms with Gasteiger partial charge >= 0.3 is 0 Å². The molecule has 44 valence electrons. The van der Waals surface area contributed by atoms with Crippen molar-refractivity contribution in [3.63, 3.8) is 0 Å². The molecule has 2 nitrogen and oxygen atoms in total. The average molecular weight is 111 g/mol. The highest BCUT2D eigenvalue weighted by atomic mass is 16.5. The van der Waals surface area contributed by atoms with Crippen molar-refractivity contribution in [1.82, 2.24) is 0 Å². The average Bonchev–Trinajstić information content (AvgIpc) is 1.77. The molecule has 0 saturated carbocycles. The van der Waals surface area contributed by atoms with Gasteiger partial charge in [-0.05, 0) is 13.8 Å². The highest BCUT2D eigenvalue weighted by molar-refractivity contribution is 5.77. The topological polar surface area (TPSA) is 21.6 Å². The summed E-state index contributed by atoms with van der Waals surface area (Å²) in [6.45, 7) is 3.86. The maximum Gasteiger partial charge on any atom is 0.185 e. The van der Waals surface area contributed by atoms with Crippen LogP contribution in [0.25, 0.3) is 0 Å². The summed E-state index contributed by atoms with van der Waals surface area (Å²) in [4.78, 5) is 4.00. The van der Waals surface area contributed by atoms with Crippen LogP contribution in [0.1, 0.15) is 13.8 Å². The molecule has 0 fully saturated rings. The molecular formula is C6H9NO. The second-order valence-electron chi connectivity index (χ2n) is 1.88. The number of hydrogen-bond donors (Lipinski definition) is 0. The van der Waals surface area contributed by atoms with E-state index in [0.29, 0.717) is 0 Å². The van der Waals surface area contributed by atoms with E-state index in [1.165, 1.54) is 0 Å². The van der Waals surface area contributed by atoms with Crippen molar-refractivity contribution in [2.24, 2.45) is 4.99 Å². The number of allylic oxidation sites excluding steroid dienone is 1. The lowest BCUT2D eigenvalue weighted by Gasteiger charge is -2.09. The van der Waals surface area contributed by atoms with Crippen LogP contribution < -0.4 is 0 Å². The molecule has 1 atom stereocenters. The molecule has 2 heteroatoms. The Balaban J connectivity index is 2.58. The third-order valence-corrected chi connectivity index (χ3v) is 0.939. The Bertz CT molecular complexity index is 137. The summed E-state index contributed by atoms with van der Waals surface area (Å²) in [5.41, 5.74) is 1.07. The van der Waals surface area contributed by atoms with Crippen molar-refractivity contribution >= 4 is 6.21 Å². The number of hydrogen-bond acceptors (Lipinski definition) is 2. The number of ether oxygens (including phenoxy) is 1. The summed E-state index contributed by atoms with van der Waals surface area (Å²) in [6, 6.07) is 0. The predicted octanol–water partition coefficient (Wildman–Crippen LogP) is 1.34. The van der Waals surface area contributed by atoms with Gasteiger partial charge in [0.25, 0.3) is 0 Å². The first kappa shape index (κ1) is 5.35. The van der Waals surface area contributed by atoms with Crippen LogP contribution in [0.2, 0.25) is 0 Å². The van der Waals surface area contributed by atoms with E-state index in [4.69, 9.17) is 4.74 Å². The van der Waals surface area contributed by atoms with E-state index in [2.05, 4.69) is 4.99 Å². The first-order valence-electron chi connectivity index (χ1n) is 2.64. The number of aliphatic imine (C=N–C) groups is 1. The SMILES string of the molecule is CC1=COC(C)N=C1. The number of rotatable bonds is 0. The molecule has 1 aliphatic heterocycles. The Morgan fingerprint density at radius 3 is 2.88 bits per heavy atom. The highest BCUT2D eigenvalue weighted by Gasteiger charge is 1.98. The van der Waals surface area contributed by atoms with Crippen molar-refractivity contribution in [3.8, 4) is 0 Å². The zero-order chi connectivity index (χ0) is 5.98. The normalized spacial score (nSPS) is 26.8. The van der Waals surface area contributed by atoms with Crippen LogP contribution in [-0.4, -0.2) is 12.4 Å². The van der Waals surface area contributed by atoms with Gasteiger partial charge in [0.2, 0.25) is 0 Å². The van der Waals surface area contributed by atoms with Gasteiger partial charge in [0.05, 0.1) is 6.26 Å². The van der Waals surface area contributed by atoms with Crippen molar-refractivity contribution in [1.29, 1.82) is 0 Å². The fraction of sp³-hybridized carbons (Fsp3) is 0.500. The van der Waals surface area contributed by atoms with E-state index >= 15 is 0 Å². The van der Waals surface area contributed by atoms with Gasteiger partial charge in [-0.2, -0.15) is 0 Å². The minimum atomic E-state index is 0.0127. The van der Waals surface area contributed by atoms with E-state index in [1.54, 1.807) is 6.26 Å². The third kappa shape index (κ3) is 1.09. The fourth-order valence-electron chi connectivity index (χ4n) is 0.494. The molecular weight excluding hydrogens is 102 g/mol. The van der Waals surface area contributed by atoms with E-state index in [0.717, 1.165) is 5.57 Å². The van der Waals surface area contributed by atoms with Gasteiger partial charge in [-0.1, -0.05) is 0 Å². The van der Waals surface area contributed by atoms with Crippen molar-refractivity contribution in [2.75, 3.05) is 0 Å². The second kappa shape index (κ2) is 1.99. The zero-order valence-electron chi connectivity index (χ0n) is 5.09. The van der Waals surface area contributed by atoms with Crippen molar-refractivity contribution < 1.29 is 4.74 Å². The Labute approximate surface area is 48.9 Å². The molecule has 8 heavy (non-hydrogen) atoms. The fourth-order valence-corrected chi connectivity index (χ4v) is 0.494. The van der Waals surface area contributed by atoms with Gasteiger partial charge in [0, 0.05) is 11.8 Å². The summed E-state index contributed by atoms with van der Waals surface area (Å²) in [5.74, 6) is 0. The molecule has 0 radical (unpaired) electrons. The van der Waals surface area contributed by atoms with Gasteiger partial charge < -0.3 is 4.74 Å². The standard InChI is InChI=1S/C6H9NO/c1-5-3-7-6(2)8-4-5/h3-4,6H,1-2H3. The largest absolute Gasteiger partial charge is 0.476 e. The lowest BCUT2D eigenvalue weighted by molar-refractivity contribution is 0.166. The van der Waals surface area contributed by atoms with Crippen LogP contribution in [0.3, 0.4) is 0 Å². The molecule has 1 rings (SSSR count). The number of nitrogens with zero attached hydrogens (tertiary/aromatic N) is 1. The van der Waals surface area contributed by atoms with Gasteiger partial charge in [-0.25, -0.2) is 0 Å². The molecule has 0 amide bonds. The minimum Gasteiger partial charge on any atom is -0.476 e. The first-order valence-corrected chi connectivity index (χ1v) is 2.64. The molecule has 1 aliphatic rings. The van der Waals surface area contributed by atoms with E-state index in [-0.39, 0.29) is 6.23 Å². The molecule has 0 aliphatic carbocycles. The molecule has 0 spiro atoms. The predicted molar refractivity (Wildman–Crippen MR) is 32.8 cm³/mol. The van der Waals surface area contributed by atoms with Crippen LogP contribution in [-0.2, 0) is 4.74 Å². The second-order valence-corrected chi connectivity index (χ2v) is 1.88. The molecule has 0 bridgehead atoms. The van der Waals surface area contributed by atoms with Gasteiger partial charge in [0.1, 0.15) is 0 Å². The van der Waals surface area contributed by atoms with Gasteiger partial charge in [-0.15, -0.1) is 0 Å². The highest BCUT2D eigenvalue weighted by Crippen LogP contribution is 2.02. The maximum atomic E-state index is 5.03. The Morgan fingerprint density at radius 1 is 1.75 bits per heavy atom. The van der Waals surface area contributed by atoms with Crippen LogP contribution in [0, 0.1) is 0 Å². The first-order chi connectivity index (χ1) is 3.79. The van der Waals surface area contributed by atoms with Crippen molar-refractivity contribution in [2.45, 2.75) is 20.1 Å². The van der Waals surface area contributed by atoms with E-state index < -0.39 is 0 Å². The summed E-state index contributed by atoms with van der Waals surface area (Å²) in [5, 5.41) is 0. The summed E-state index contributed by atoms with van der Waals surface area (Å²) >= 11 is 0. The smallest absolute Gasteiger partial charge is 0.185 e. The summed E-state index contributed by atoms with van der Waals surface area (Å²) in [7, 11) is 0. The van der Waals surface area contributed by atoms with E-state index in [1.807, 2.05) is 20.1 Å². The summed E-state index contributed by atoms with van der Waals surface area (Å²) in [6.07, 6.45) is 3.55. The Morgan fingerprint density at radius 2 is 2.50 bits per heavy atom. The molecule has 0 aromatic rings. The van der Waals surface area contributed by atoms with Crippen molar-refractivity contribution in [3.05, 3.63) is 11.8 Å². The Hall–Kier alpha value is -0.790. The van der Waals surface area contributed by atoms with E-state index in [9.17, 15) is 0 Å². The molecule has 1 unspecified atom stereocenters. The molecule has 1 heterocycles. The summed E-state index contributed by atoms with van der Waals surface area (Å²) < 4.78 is 5.03. The van der Waals surface area contributed by atoms with Gasteiger partial charge in [0.15, 0.2) is 6.23 Å². The molecule has 0 saturated heterocycles. The Kier molecular flexibility index (Phi) is 1.33. The third-order valence-electron chi connectivity index (χ3n) is 0.939. The van der Waals surface area contributed by atoms with Crippen LogP contribution in [0.15, 0.2) is 16.8 Å². The van der Waals surface area contributed by atoms with Crippen LogP contribution in [0.4, 0.5) is 0 Å². The molecule has 0 N–H and O–H groups in total.